The second-order valence-electron chi connectivity index (χ2n) is 2.62. The molecule has 0 aromatic heterocycles. The Morgan fingerprint density at radius 2 is 2.00 bits per heavy atom. The molecule has 0 saturated heterocycles. The minimum absolute atomic E-state index is 0.198. The maximum Gasteiger partial charge on any atom is 0.198 e. The van der Waals surface area contributed by atoms with Gasteiger partial charge in [0.15, 0.2) is 16.9 Å². The molecular formula is C9H6O3. The van der Waals surface area contributed by atoms with Crippen LogP contribution in [0.2, 0.25) is 0 Å². The molecule has 0 radical (unpaired) electrons. The third-order valence-corrected chi connectivity index (χ3v) is 1.93. The number of hydrogen-bond donors (Lipinski definition) is 2. The van der Waals surface area contributed by atoms with E-state index >= 15 is 0 Å². The fraction of sp³-hybridized carbons (Fsp3) is 0. The van der Waals surface area contributed by atoms with Crippen LogP contribution in [0, 0.1) is 0 Å². The molecule has 0 atom stereocenters. The van der Waals surface area contributed by atoms with Crippen LogP contribution in [0.3, 0.4) is 0 Å². The van der Waals surface area contributed by atoms with Gasteiger partial charge in [-0.25, -0.2) is 0 Å². The van der Waals surface area contributed by atoms with Crippen molar-refractivity contribution in [2.24, 2.45) is 0 Å². The summed E-state index contributed by atoms with van der Waals surface area (Å²) in [6, 6.07) is 1.51. The minimum Gasteiger partial charge on any atom is -0.504 e. The first-order valence-corrected chi connectivity index (χ1v) is 3.43. The number of phenolic OH excluding ortho intramolecular Hbond substituents is 2. The van der Waals surface area contributed by atoms with E-state index in [4.69, 9.17) is 0 Å². The van der Waals surface area contributed by atoms with Crippen molar-refractivity contribution < 1.29 is 10.2 Å². The summed E-state index contributed by atoms with van der Waals surface area (Å²) in [4.78, 5) is 10.9. The van der Waals surface area contributed by atoms with Crippen LogP contribution in [-0.4, -0.2) is 10.2 Å². The lowest BCUT2D eigenvalue weighted by atomic mass is 10.2. The van der Waals surface area contributed by atoms with E-state index in [0.717, 1.165) is 0 Å². The van der Waals surface area contributed by atoms with E-state index in [1.54, 1.807) is 0 Å². The molecule has 0 heterocycles. The summed E-state index contributed by atoms with van der Waals surface area (Å²) in [6.45, 7) is 3.44. The molecule has 0 aliphatic carbocycles. The molecule has 0 aliphatic rings. The molecule has 12 heavy (non-hydrogen) atoms. The quantitative estimate of drug-likeness (QED) is 0.618. The fourth-order valence-electron chi connectivity index (χ4n) is 1.19. The summed E-state index contributed by atoms with van der Waals surface area (Å²) in [5.74, 6) is -0.595. The van der Waals surface area contributed by atoms with Crippen molar-refractivity contribution in [3.05, 3.63) is 28.4 Å². The van der Waals surface area contributed by atoms with Gasteiger partial charge < -0.3 is 10.2 Å². The largest absolute Gasteiger partial charge is 0.504 e. The van der Waals surface area contributed by atoms with Crippen LogP contribution in [0.5, 0.6) is 11.5 Å². The van der Waals surface area contributed by atoms with Crippen LogP contribution >= 0.6 is 0 Å². The fourth-order valence-corrected chi connectivity index (χ4v) is 1.19. The number of phenols is 2. The first kappa shape index (κ1) is 6.91. The summed E-state index contributed by atoms with van der Waals surface area (Å²) in [5, 5.41) is 19.2. The maximum absolute atomic E-state index is 10.9. The molecular weight excluding hydrogens is 156 g/mol. The minimum atomic E-state index is -0.326. The van der Waals surface area contributed by atoms with E-state index in [-0.39, 0.29) is 22.3 Å². The number of rotatable bonds is 1. The number of benzene rings is 1. The van der Waals surface area contributed by atoms with E-state index in [0.29, 0.717) is 10.9 Å². The molecule has 0 saturated carbocycles. The molecule has 60 valence electrons. The van der Waals surface area contributed by atoms with Crippen molar-refractivity contribution >= 4 is 16.8 Å². The van der Waals surface area contributed by atoms with Gasteiger partial charge in [0.1, 0.15) is 0 Å². The second kappa shape index (κ2) is 1.88. The van der Waals surface area contributed by atoms with Gasteiger partial charge in [-0.2, -0.15) is 0 Å². The lowest BCUT2D eigenvalue weighted by molar-refractivity contribution is 0.408. The Kier molecular flexibility index (Phi) is 1.08. The highest BCUT2D eigenvalue weighted by atomic mass is 16.3. The highest BCUT2D eigenvalue weighted by molar-refractivity contribution is 6.05. The molecule has 0 unspecified atom stereocenters. The number of aromatic hydroxyl groups is 2. The number of fused-ring (bicyclic) bond motifs is 1. The zero-order valence-corrected chi connectivity index (χ0v) is 6.16. The third-order valence-electron chi connectivity index (χ3n) is 1.93. The van der Waals surface area contributed by atoms with Crippen LogP contribution in [0.4, 0.5) is 0 Å². The van der Waals surface area contributed by atoms with Gasteiger partial charge in [0.05, 0.1) is 5.39 Å². The molecule has 0 spiro atoms. The van der Waals surface area contributed by atoms with E-state index in [1.165, 1.54) is 12.1 Å². The Balaban J connectivity index is 2.89. The Morgan fingerprint density at radius 1 is 1.33 bits per heavy atom. The molecule has 2 rings (SSSR count). The van der Waals surface area contributed by atoms with Gasteiger partial charge in [0.2, 0.25) is 0 Å². The standard InChI is InChI=1S/C9H6O3/c1-2-4-3-5-6(8(5)11)9(12)7(4)10/h2-3,10,12H,1H2. The molecule has 0 amide bonds. The summed E-state index contributed by atoms with van der Waals surface area (Å²) < 4.78 is 0. The van der Waals surface area contributed by atoms with E-state index in [2.05, 4.69) is 6.58 Å². The van der Waals surface area contributed by atoms with Gasteiger partial charge >= 0.3 is 0 Å². The molecule has 2 N–H and O–H groups in total. The SMILES string of the molecule is C=Cc1cc2c(=O)c2c(O)c1O. The van der Waals surface area contributed by atoms with Crippen LogP contribution in [-0.2, 0) is 0 Å². The topological polar surface area (TPSA) is 57.5 Å². The molecule has 3 nitrogen and oxygen atoms in total. The van der Waals surface area contributed by atoms with Gasteiger partial charge in [-0.1, -0.05) is 12.7 Å². The van der Waals surface area contributed by atoms with Crippen molar-refractivity contribution in [3.63, 3.8) is 0 Å². The average Bonchev–Trinajstić information content (AvgIpc) is 2.69. The summed E-state index contributed by atoms with van der Waals surface area (Å²) in [5.41, 5.74) is 0.188. The lowest BCUT2D eigenvalue weighted by Gasteiger charge is -1.97. The van der Waals surface area contributed by atoms with Gasteiger partial charge in [-0.05, 0) is 6.07 Å². The van der Waals surface area contributed by atoms with E-state index < -0.39 is 0 Å². The predicted molar refractivity (Wildman–Crippen MR) is 46.0 cm³/mol. The van der Waals surface area contributed by atoms with E-state index in [1.807, 2.05) is 0 Å². The van der Waals surface area contributed by atoms with Gasteiger partial charge in [0.25, 0.3) is 0 Å². The maximum atomic E-state index is 10.9. The molecule has 0 fully saturated rings. The lowest BCUT2D eigenvalue weighted by Crippen LogP contribution is -1.71. The van der Waals surface area contributed by atoms with Gasteiger partial charge in [-0.15, -0.1) is 0 Å². The monoisotopic (exact) mass is 162 g/mol. The highest BCUT2D eigenvalue weighted by Gasteiger charge is 2.21. The summed E-state index contributed by atoms with van der Waals surface area (Å²) in [7, 11) is 0. The highest BCUT2D eigenvalue weighted by Crippen LogP contribution is 2.38. The zero-order valence-electron chi connectivity index (χ0n) is 6.16. The smallest absolute Gasteiger partial charge is 0.198 e. The molecule has 0 bridgehead atoms. The van der Waals surface area contributed by atoms with Crippen molar-refractivity contribution in [2.45, 2.75) is 0 Å². The van der Waals surface area contributed by atoms with Gasteiger partial charge in [-0.3, -0.25) is 4.79 Å². The van der Waals surface area contributed by atoms with Crippen molar-refractivity contribution in [3.8, 4) is 11.5 Å². The molecule has 2 aromatic carbocycles. The molecule has 2 aromatic rings. The Hall–Kier alpha value is -1.77. The van der Waals surface area contributed by atoms with Crippen molar-refractivity contribution in [2.75, 3.05) is 0 Å². The van der Waals surface area contributed by atoms with Crippen LogP contribution in [0.15, 0.2) is 17.4 Å². The zero-order chi connectivity index (χ0) is 8.88. The van der Waals surface area contributed by atoms with Crippen molar-refractivity contribution in [1.29, 1.82) is 0 Å². The Morgan fingerprint density at radius 3 is 2.58 bits per heavy atom. The summed E-state index contributed by atoms with van der Waals surface area (Å²) >= 11 is 0. The molecule has 0 aliphatic heterocycles. The van der Waals surface area contributed by atoms with Crippen molar-refractivity contribution in [1.82, 2.24) is 0 Å². The normalized spacial score (nSPS) is 11.0. The number of hydrogen-bond acceptors (Lipinski definition) is 3. The Labute approximate surface area is 67.9 Å². The summed E-state index contributed by atoms with van der Waals surface area (Å²) in [6.07, 6.45) is 1.39. The molecule has 3 heteroatoms. The van der Waals surface area contributed by atoms with Crippen LogP contribution in [0.1, 0.15) is 5.56 Å². The third kappa shape index (κ3) is 0.625. The average molecular weight is 162 g/mol. The second-order valence-corrected chi connectivity index (χ2v) is 2.62. The predicted octanol–water partition coefficient (Wildman–Crippen LogP) is 1.13. The van der Waals surface area contributed by atoms with Crippen LogP contribution < -0.4 is 5.43 Å². The first-order chi connectivity index (χ1) is 5.66. The van der Waals surface area contributed by atoms with Gasteiger partial charge in [0, 0.05) is 10.9 Å². The van der Waals surface area contributed by atoms with Crippen LogP contribution in [0.25, 0.3) is 16.8 Å². The van der Waals surface area contributed by atoms with E-state index in [9.17, 15) is 15.0 Å². The first-order valence-electron chi connectivity index (χ1n) is 3.43. The Bertz CT molecular complexity index is 487.